The van der Waals surface area contributed by atoms with Crippen molar-refractivity contribution in [2.45, 2.75) is 38.4 Å². The van der Waals surface area contributed by atoms with E-state index >= 15 is 0 Å². The van der Waals surface area contributed by atoms with Crippen LogP contribution in [0.2, 0.25) is 0 Å². The third-order valence-corrected chi connectivity index (χ3v) is 6.97. The van der Waals surface area contributed by atoms with Gasteiger partial charge in [-0.05, 0) is 41.1 Å². The van der Waals surface area contributed by atoms with E-state index in [1.165, 1.54) is 4.90 Å². The Hall–Kier alpha value is -3.59. The summed E-state index contributed by atoms with van der Waals surface area (Å²) in [6.45, 7) is 0.534. The van der Waals surface area contributed by atoms with Crippen LogP contribution in [-0.2, 0) is 20.9 Å². The van der Waals surface area contributed by atoms with Gasteiger partial charge in [0.25, 0.3) is 5.91 Å². The lowest BCUT2D eigenvalue weighted by atomic mass is 10.00. The molecule has 2 heterocycles. The highest BCUT2D eigenvalue weighted by Gasteiger charge is 2.37. The molecule has 2 unspecified atom stereocenters. The number of rotatable bonds is 9. The van der Waals surface area contributed by atoms with Crippen molar-refractivity contribution in [2.75, 3.05) is 6.67 Å². The number of thiophene rings is 1. The molecule has 0 aliphatic carbocycles. The lowest BCUT2D eigenvalue weighted by Crippen LogP contribution is -2.52. The summed E-state index contributed by atoms with van der Waals surface area (Å²) in [7, 11) is 0. The lowest BCUT2D eigenvalue weighted by molar-refractivity contribution is -0.140. The minimum Gasteiger partial charge on any atom is -0.481 e. The van der Waals surface area contributed by atoms with E-state index in [0.29, 0.717) is 5.56 Å². The molecule has 2 aromatic carbocycles. The molecule has 1 aliphatic rings. The van der Waals surface area contributed by atoms with Gasteiger partial charge in [0.1, 0.15) is 18.8 Å². The predicted octanol–water partition coefficient (Wildman–Crippen LogP) is 3.80. The third kappa shape index (κ3) is 4.43. The first kappa shape index (κ1) is 23.6. The number of amides is 2. The second kappa shape index (κ2) is 9.72. The Morgan fingerprint density at radius 2 is 1.94 bits per heavy atom. The summed E-state index contributed by atoms with van der Waals surface area (Å²) >= 11 is 1.64. The molecule has 0 radical (unpaired) electrons. The SMILES string of the molecule is CCC(C(=O)NC(CC(=O)O)C(=O)CF)N1Cc2cc(-c3csc4ccccc34)ccc2C1=O. The molecule has 34 heavy (non-hydrogen) atoms. The van der Waals surface area contributed by atoms with Gasteiger partial charge in [0.2, 0.25) is 5.91 Å². The summed E-state index contributed by atoms with van der Waals surface area (Å²) in [6.07, 6.45) is -0.478. The van der Waals surface area contributed by atoms with Crippen molar-refractivity contribution >= 4 is 45.0 Å². The first-order valence-electron chi connectivity index (χ1n) is 10.8. The Kier molecular flexibility index (Phi) is 6.74. The molecule has 2 amide bonds. The number of Topliss-reactive ketones (excluding diaryl/α,β-unsaturated/α-hetero) is 1. The minimum atomic E-state index is -1.48. The van der Waals surface area contributed by atoms with Crippen molar-refractivity contribution in [1.29, 1.82) is 0 Å². The zero-order valence-corrected chi connectivity index (χ0v) is 19.2. The number of carboxylic acid groups (broad SMARTS) is 1. The minimum absolute atomic E-state index is 0.205. The van der Waals surface area contributed by atoms with E-state index < -0.39 is 42.8 Å². The molecule has 0 bridgehead atoms. The fourth-order valence-corrected chi connectivity index (χ4v) is 5.26. The molecule has 4 rings (SSSR count). The number of hydrogen-bond donors (Lipinski definition) is 2. The van der Waals surface area contributed by atoms with Crippen molar-refractivity contribution in [3.05, 3.63) is 59.0 Å². The molecule has 1 aliphatic heterocycles. The number of carbonyl (C=O) groups is 4. The number of alkyl halides is 1. The van der Waals surface area contributed by atoms with Crippen LogP contribution in [-0.4, -0.2) is 52.3 Å². The quantitative estimate of drug-likeness (QED) is 0.483. The molecule has 7 nitrogen and oxygen atoms in total. The zero-order chi connectivity index (χ0) is 24.4. The van der Waals surface area contributed by atoms with Gasteiger partial charge in [0.15, 0.2) is 5.78 Å². The number of carboxylic acids is 1. The van der Waals surface area contributed by atoms with Crippen LogP contribution in [0.25, 0.3) is 21.2 Å². The first-order valence-corrected chi connectivity index (χ1v) is 11.7. The van der Waals surface area contributed by atoms with E-state index in [1.54, 1.807) is 24.3 Å². The van der Waals surface area contributed by atoms with Gasteiger partial charge >= 0.3 is 5.97 Å². The van der Waals surface area contributed by atoms with Crippen molar-refractivity contribution in [2.24, 2.45) is 0 Å². The van der Waals surface area contributed by atoms with Crippen LogP contribution in [0, 0.1) is 0 Å². The number of ketones is 1. The van der Waals surface area contributed by atoms with Gasteiger partial charge in [-0.25, -0.2) is 4.39 Å². The summed E-state index contributed by atoms with van der Waals surface area (Å²) in [6, 6.07) is 11.3. The molecular formula is C25H23FN2O5S. The normalized spacial score (nSPS) is 14.6. The molecule has 0 saturated carbocycles. The Bertz CT molecular complexity index is 1290. The second-order valence-electron chi connectivity index (χ2n) is 8.13. The number of nitrogens with one attached hydrogen (secondary N) is 1. The standard InChI is InChI=1S/C25H23FN2O5S/c1-2-20(24(32)27-19(10-23(30)31)21(29)11-26)28-12-15-9-14(7-8-16(15)25(28)33)18-13-34-22-6-4-3-5-17(18)22/h3-9,13,19-20H,2,10-12H2,1H3,(H,27,32)(H,30,31). The first-order chi connectivity index (χ1) is 16.3. The fraction of sp³-hybridized carbons (Fsp3) is 0.280. The van der Waals surface area contributed by atoms with Gasteiger partial charge in [0, 0.05) is 27.8 Å². The zero-order valence-electron chi connectivity index (χ0n) is 18.4. The van der Waals surface area contributed by atoms with Crippen LogP contribution in [0.4, 0.5) is 4.39 Å². The average molecular weight is 483 g/mol. The third-order valence-electron chi connectivity index (χ3n) is 6.01. The van der Waals surface area contributed by atoms with Crippen molar-refractivity contribution in [1.82, 2.24) is 10.2 Å². The van der Waals surface area contributed by atoms with Crippen LogP contribution in [0.3, 0.4) is 0 Å². The Labute approximate surface area is 199 Å². The summed E-state index contributed by atoms with van der Waals surface area (Å²) in [5.74, 6) is -3.35. The van der Waals surface area contributed by atoms with Gasteiger partial charge in [-0.15, -0.1) is 11.3 Å². The van der Waals surface area contributed by atoms with Crippen molar-refractivity contribution in [3.8, 4) is 11.1 Å². The van der Waals surface area contributed by atoms with E-state index in [4.69, 9.17) is 5.11 Å². The maximum absolute atomic E-state index is 13.1. The number of fused-ring (bicyclic) bond motifs is 2. The lowest BCUT2D eigenvalue weighted by Gasteiger charge is -2.27. The molecule has 1 aromatic heterocycles. The molecule has 9 heteroatoms. The summed E-state index contributed by atoms with van der Waals surface area (Å²) < 4.78 is 14.0. The van der Waals surface area contributed by atoms with Gasteiger partial charge in [-0.1, -0.05) is 31.2 Å². The topological polar surface area (TPSA) is 104 Å². The average Bonchev–Trinajstić information content (AvgIpc) is 3.39. The van der Waals surface area contributed by atoms with Crippen LogP contribution >= 0.6 is 11.3 Å². The fourth-order valence-electron chi connectivity index (χ4n) is 4.29. The Morgan fingerprint density at radius 3 is 2.65 bits per heavy atom. The van der Waals surface area contributed by atoms with Crippen LogP contribution in [0.15, 0.2) is 47.8 Å². The number of aliphatic carboxylic acids is 1. The monoisotopic (exact) mass is 482 g/mol. The Morgan fingerprint density at radius 1 is 1.18 bits per heavy atom. The summed E-state index contributed by atoms with van der Waals surface area (Å²) in [5.41, 5.74) is 3.32. The van der Waals surface area contributed by atoms with Gasteiger partial charge in [-0.2, -0.15) is 0 Å². The summed E-state index contributed by atoms with van der Waals surface area (Å²) in [4.78, 5) is 50.2. The Balaban J connectivity index is 1.57. The van der Waals surface area contributed by atoms with Gasteiger partial charge in [-0.3, -0.25) is 19.2 Å². The van der Waals surface area contributed by atoms with Gasteiger partial charge in [0.05, 0.1) is 6.42 Å². The number of nitrogens with zero attached hydrogens (tertiary/aromatic N) is 1. The predicted molar refractivity (Wildman–Crippen MR) is 126 cm³/mol. The van der Waals surface area contributed by atoms with E-state index in [0.717, 1.165) is 26.8 Å². The largest absolute Gasteiger partial charge is 0.481 e. The van der Waals surface area contributed by atoms with E-state index in [9.17, 15) is 23.6 Å². The molecule has 2 N–H and O–H groups in total. The van der Waals surface area contributed by atoms with Crippen molar-refractivity contribution in [3.63, 3.8) is 0 Å². The second-order valence-corrected chi connectivity index (χ2v) is 9.04. The number of hydrogen-bond acceptors (Lipinski definition) is 5. The van der Waals surface area contributed by atoms with Crippen LogP contribution in [0.1, 0.15) is 35.7 Å². The van der Waals surface area contributed by atoms with Crippen LogP contribution < -0.4 is 5.32 Å². The number of benzene rings is 2. The number of halogens is 1. The highest BCUT2D eigenvalue weighted by atomic mass is 32.1. The molecule has 0 spiro atoms. The van der Waals surface area contributed by atoms with Crippen molar-refractivity contribution < 1.29 is 28.7 Å². The molecule has 3 aromatic rings. The molecular weight excluding hydrogens is 459 g/mol. The van der Waals surface area contributed by atoms with E-state index in [1.807, 2.05) is 24.3 Å². The van der Waals surface area contributed by atoms with Crippen LogP contribution in [0.5, 0.6) is 0 Å². The summed E-state index contributed by atoms with van der Waals surface area (Å²) in [5, 5.41) is 14.5. The highest BCUT2D eigenvalue weighted by Crippen LogP contribution is 2.36. The molecule has 2 atom stereocenters. The molecule has 176 valence electrons. The smallest absolute Gasteiger partial charge is 0.305 e. The maximum Gasteiger partial charge on any atom is 0.305 e. The highest BCUT2D eigenvalue weighted by molar-refractivity contribution is 7.17. The van der Waals surface area contributed by atoms with E-state index in [-0.39, 0.29) is 18.9 Å². The molecule has 0 saturated heterocycles. The molecule has 0 fully saturated rings. The van der Waals surface area contributed by atoms with E-state index in [2.05, 4.69) is 22.8 Å². The maximum atomic E-state index is 13.1. The van der Waals surface area contributed by atoms with Gasteiger partial charge < -0.3 is 15.3 Å². The number of carbonyl (C=O) groups excluding carboxylic acids is 3.